The Labute approximate surface area is 248 Å². The Morgan fingerprint density at radius 1 is 0.561 bits per heavy atom. The van der Waals surface area contributed by atoms with Gasteiger partial charge in [0.05, 0.1) is 0 Å². The number of rotatable bonds is 20. The Morgan fingerprint density at radius 2 is 0.951 bits per heavy atom. The van der Waals surface area contributed by atoms with Crippen molar-refractivity contribution >= 4 is 23.4 Å². The summed E-state index contributed by atoms with van der Waals surface area (Å²) in [6.45, 7) is 9.50. The minimum Gasteiger partial charge on any atom is -0.337 e. The van der Waals surface area contributed by atoms with E-state index >= 15 is 0 Å². The lowest BCUT2D eigenvalue weighted by atomic mass is 10.0. The fraction of sp³-hybridized carbons (Fsp3) is 0.576. The number of nitrogens with zero attached hydrogens (tertiary/aromatic N) is 2. The van der Waals surface area contributed by atoms with Crippen LogP contribution in [0, 0.1) is 0 Å². The molecular weight excluding hydrogens is 512 g/mol. The van der Waals surface area contributed by atoms with Crippen LogP contribution in [0.4, 0.5) is 21.0 Å². The third-order valence-corrected chi connectivity index (χ3v) is 7.18. The average molecular weight is 567 g/mol. The van der Waals surface area contributed by atoms with Gasteiger partial charge in [0, 0.05) is 37.6 Å². The summed E-state index contributed by atoms with van der Waals surface area (Å²) < 4.78 is 0. The number of carbonyl (C=O) groups is 2. The average Bonchev–Trinajstić information content (AvgIpc) is 2.95. The van der Waals surface area contributed by atoms with Gasteiger partial charge < -0.3 is 31.1 Å². The van der Waals surface area contributed by atoms with Crippen LogP contribution in [0.3, 0.4) is 0 Å². The van der Waals surface area contributed by atoms with Gasteiger partial charge in [-0.15, -0.1) is 0 Å². The van der Waals surface area contributed by atoms with Crippen LogP contribution < -0.4 is 21.3 Å². The quantitative estimate of drug-likeness (QED) is 0.137. The third kappa shape index (κ3) is 16.1. The lowest BCUT2D eigenvalue weighted by Crippen LogP contribution is -2.35. The number of benzene rings is 2. The Bertz CT molecular complexity index is 901. The van der Waals surface area contributed by atoms with E-state index in [1.54, 1.807) is 0 Å². The fourth-order valence-electron chi connectivity index (χ4n) is 4.56. The molecule has 0 aliphatic heterocycles. The maximum atomic E-state index is 12.2. The van der Waals surface area contributed by atoms with E-state index in [0.29, 0.717) is 13.1 Å². The number of likely N-dealkylation sites (N-methyl/N-ethyl adjacent to an activating group) is 2. The van der Waals surface area contributed by atoms with Crippen LogP contribution in [-0.4, -0.2) is 75.2 Å². The minimum atomic E-state index is -0.182. The Kier molecular flexibility index (Phi) is 17.2. The summed E-state index contributed by atoms with van der Waals surface area (Å²) in [6, 6.07) is 15.5. The molecule has 0 fully saturated rings. The molecule has 8 nitrogen and oxygen atoms in total. The normalized spacial score (nSPS) is 11.1. The molecule has 0 bridgehead atoms. The highest BCUT2D eigenvalue weighted by Crippen LogP contribution is 2.16. The van der Waals surface area contributed by atoms with E-state index in [1.165, 1.54) is 51.4 Å². The highest BCUT2D eigenvalue weighted by atomic mass is 16.2. The van der Waals surface area contributed by atoms with Crippen molar-refractivity contribution < 1.29 is 9.59 Å². The summed E-state index contributed by atoms with van der Waals surface area (Å²) in [7, 11) is 4.20. The van der Waals surface area contributed by atoms with E-state index in [2.05, 4.69) is 59.0 Å². The molecule has 0 saturated heterocycles. The molecule has 2 rings (SSSR count). The standard InChI is InChI=1S/C33H54N6O2/c1-5-7-9-11-23-38(3)25-21-34-32(40)36-30-17-13-28(14-18-30)27-29-15-19-31(20-16-29)37-33(41)35-22-26-39(4)24-12-10-8-6-2/h13-20H,5-12,21-27H2,1-4H3,(H2,34,36,40)(H2,35,37,41). The number of unbranched alkanes of at least 4 members (excludes halogenated alkanes) is 6. The Morgan fingerprint density at radius 3 is 1.32 bits per heavy atom. The molecule has 0 radical (unpaired) electrons. The molecular formula is C33H54N6O2. The Hall–Kier alpha value is -3.10. The molecule has 0 aliphatic carbocycles. The summed E-state index contributed by atoms with van der Waals surface area (Å²) in [6.07, 6.45) is 10.8. The van der Waals surface area contributed by atoms with Crippen molar-refractivity contribution in [2.24, 2.45) is 0 Å². The fourth-order valence-corrected chi connectivity index (χ4v) is 4.56. The molecule has 2 aromatic rings. The van der Waals surface area contributed by atoms with Crippen LogP contribution >= 0.6 is 0 Å². The van der Waals surface area contributed by atoms with E-state index in [9.17, 15) is 9.59 Å². The predicted molar refractivity (Wildman–Crippen MR) is 173 cm³/mol. The molecule has 0 unspecified atom stereocenters. The molecule has 0 saturated carbocycles. The van der Waals surface area contributed by atoms with Crippen LogP contribution in [0.1, 0.15) is 76.3 Å². The number of anilines is 2. The molecule has 0 heterocycles. The zero-order valence-corrected chi connectivity index (χ0v) is 25.9. The first-order valence-electron chi connectivity index (χ1n) is 15.5. The van der Waals surface area contributed by atoms with Crippen LogP contribution in [0.5, 0.6) is 0 Å². The van der Waals surface area contributed by atoms with Gasteiger partial charge in [-0.25, -0.2) is 9.59 Å². The largest absolute Gasteiger partial charge is 0.337 e. The molecule has 4 amide bonds. The van der Waals surface area contributed by atoms with Crippen molar-refractivity contribution in [2.45, 2.75) is 71.6 Å². The molecule has 0 spiro atoms. The molecule has 0 aliphatic rings. The second-order valence-electron chi connectivity index (χ2n) is 11.1. The van der Waals surface area contributed by atoms with Crippen molar-refractivity contribution in [3.63, 3.8) is 0 Å². The van der Waals surface area contributed by atoms with E-state index in [1.807, 2.05) is 48.5 Å². The molecule has 4 N–H and O–H groups in total. The molecule has 0 aromatic heterocycles. The topological polar surface area (TPSA) is 88.7 Å². The van der Waals surface area contributed by atoms with Crippen molar-refractivity contribution in [1.82, 2.24) is 20.4 Å². The summed E-state index contributed by atoms with van der Waals surface area (Å²) in [5, 5.41) is 11.7. The van der Waals surface area contributed by atoms with E-state index in [0.717, 1.165) is 55.1 Å². The predicted octanol–water partition coefficient (Wildman–Crippen LogP) is 6.54. The van der Waals surface area contributed by atoms with Gasteiger partial charge in [0.1, 0.15) is 0 Å². The van der Waals surface area contributed by atoms with Crippen molar-refractivity contribution in [2.75, 3.05) is 64.0 Å². The molecule has 2 aromatic carbocycles. The maximum absolute atomic E-state index is 12.2. The minimum absolute atomic E-state index is 0.182. The van der Waals surface area contributed by atoms with Crippen molar-refractivity contribution in [1.29, 1.82) is 0 Å². The first-order valence-corrected chi connectivity index (χ1v) is 15.5. The van der Waals surface area contributed by atoms with E-state index < -0.39 is 0 Å². The lowest BCUT2D eigenvalue weighted by Gasteiger charge is -2.17. The summed E-state index contributed by atoms with van der Waals surface area (Å²) in [5.74, 6) is 0. The number of nitrogens with one attached hydrogen (secondary N) is 4. The first kappa shape index (κ1) is 34.1. The number of urea groups is 2. The van der Waals surface area contributed by atoms with Gasteiger partial charge in [-0.2, -0.15) is 0 Å². The molecule has 8 heteroatoms. The first-order chi connectivity index (χ1) is 19.9. The van der Waals surface area contributed by atoms with E-state index in [4.69, 9.17) is 0 Å². The second kappa shape index (κ2) is 20.7. The van der Waals surface area contributed by atoms with Gasteiger partial charge in [-0.05, 0) is 81.8 Å². The van der Waals surface area contributed by atoms with Crippen LogP contribution in [0.25, 0.3) is 0 Å². The number of amides is 4. The zero-order valence-electron chi connectivity index (χ0n) is 25.9. The smallest absolute Gasteiger partial charge is 0.319 e. The van der Waals surface area contributed by atoms with Crippen molar-refractivity contribution in [3.8, 4) is 0 Å². The monoisotopic (exact) mass is 566 g/mol. The van der Waals surface area contributed by atoms with Crippen LogP contribution in [-0.2, 0) is 6.42 Å². The van der Waals surface area contributed by atoms with Gasteiger partial charge in [-0.3, -0.25) is 0 Å². The van der Waals surface area contributed by atoms with Gasteiger partial charge in [0.25, 0.3) is 0 Å². The highest BCUT2D eigenvalue weighted by Gasteiger charge is 2.06. The maximum Gasteiger partial charge on any atom is 0.319 e. The number of hydrogen-bond donors (Lipinski definition) is 4. The van der Waals surface area contributed by atoms with Gasteiger partial charge in [0.2, 0.25) is 0 Å². The summed E-state index contributed by atoms with van der Waals surface area (Å²) >= 11 is 0. The van der Waals surface area contributed by atoms with Gasteiger partial charge >= 0.3 is 12.1 Å². The number of hydrogen-bond acceptors (Lipinski definition) is 4. The second-order valence-corrected chi connectivity index (χ2v) is 11.1. The zero-order chi connectivity index (χ0) is 29.7. The van der Waals surface area contributed by atoms with Crippen LogP contribution in [0.2, 0.25) is 0 Å². The van der Waals surface area contributed by atoms with Gasteiger partial charge in [0.15, 0.2) is 0 Å². The summed E-state index contributed by atoms with van der Waals surface area (Å²) in [4.78, 5) is 29.0. The van der Waals surface area contributed by atoms with Crippen LogP contribution in [0.15, 0.2) is 48.5 Å². The lowest BCUT2D eigenvalue weighted by molar-refractivity contribution is 0.248. The summed E-state index contributed by atoms with van der Waals surface area (Å²) in [5.41, 5.74) is 3.84. The van der Waals surface area contributed by atoms with Gasteiger partial charge in [-0.1, -0.05) is 76.6 Å². The van der Waals surface area contributed by atoms with E-state index in [-0.39, 0.29) is 12.1 Å². The molecule has 41 heavy (non-hydrogen) atoms. The molecule has 0 atom stereocenters. The number of carbonyl (C=O) groups excluding carboxylic acids is 2. The van der Waals surface area contributed by atoms with Crippen molar-refractivity contribution in [3.05, 3.63) is 59.7 Å². The SMILES string of the molecule is CCCCCCN(C)CCNC(=O)Nc1ccc(Cc2ccc(NC(=O)NCCN(C)CCCCCC)cc2)cc1. The Balaban J connectivity index is 1.64. The highest BCUT2D eigenvalue weighted by molar-refractivity contribution is 5.89. The molecule has 228 valence electrons. The third-order valence-electron chi connectivity index (χ3n) is 7.18.